The van der Waals surface area contributed by atoms with Gasteiger partial charge in [-0.15, -0.1) is 0 Å². The Hall–Kier alpha value is -0.640. The van der Waals surface area contributed by atoms with E-state index in [1.54, 1.807) is 0 Å². The third kappa shape index (κ3) is 3.02. The Labute approximate surface area is 114 Å². The molecule has 0 bridgehead atoms. The van der Waals surface area contributed by atoms with E-state index in [9.17, 15) is 0 Å². The third-order valence-electron chi connectivity index (χ3n) is 4.08. The smallest absolute Gasteiger partial charge is 0.203 e. The predicted octanol–water partition coefficient (Wildman–Crippen LogP) is 3.52. The minimum Gasteiger partial charge on any atom is -0.353 e. The Kier molecular flexibility index (Phi) is 4.13. The fourth-order valence-electron chi connectivity index (χ4n) is 3.02. The van der Waals surface area contributed by atoms with Gasteiger partial charge in [-0.2, -0.15) is 11.8 Å². The van der Waals surface area contributed by atoms with Crippen LogP contribution in [-0.4, -0.2) is 26.6 Å². The second-order valence-corrected chi connectivity index (χ2v) is 6.93. The van der Waals surface area contributed by atoms with E-state index in [4.69, 9.17) is 0 Å². The van der Waals surface area contributed by atoms with Crippen molar-refractivity contribution in [1.82, 2.24) is 9.55 Å². The molecule has 0 radical (unpaired) electrons. The van der Waals surface area contributed by atoms with Crippen LogP contribution < -0.4 is 5.32 Å². The third-order valence-corrected chi connectivity index (χ3v) is 5.46. The van der Waals surface area contributed by atoms with Crippen molar-refractivity contribution in [2.45, 2.75) is 62.8 Å². The molecule has 1 aliphatic carbocycles. The molecule has 1 unspecified atom stereocenters. The van der Waals surface area contributed by atoms with Crippen molar-refractivity contribution in [3.05, 3.63) is 12.4 Å². The molecular weight excluding hydrogens is 242 g/mol. The molecule has 3 rings (SSSR count). The van der Waals surface area contributed by atoms with E-state index < -0.39 is 0 Å². The zero-order valence-corrected chi connectivity index (χ0v) is 11.8. The Morgan fingerprint density at radius 3 is 2.83 bits per heavy atom. The lowest BCUT2D eigenvalue weighted by molar-refractivity contribution is 0.582. The van der Waals surface area contributed by atoms with E-state index in [-0.39, 0.29) is 0 Å². The van der Waals surface area contributed by atoms with Crippen LogP contribution in [0.2, 0.25) is 0 Å². The largest absolute Gasteiger partial charge is 0.353 e. The summed E-state index contributed by atoms with van der Waals surface area (Å²) in [7, 11) is 0. The van der Waals surface area contributed by atoms with Gasteiger partial charge in [0.05, 0.1) is 0 Å². The number of imidazole rings is 1. The topological polar surface area (TPSA) is 29.9 Å². The van der Waals surface area contributed by atoms with Gasteiger partial charge >= 0.3 is 0 Å². The molecule has 2 heterocycles. The molecule has 3 nitrogen and oxygen atoms in total. The fraction of sp³-hybridized carbons (Fsp3) is 0.786. The Morgan fingerprint density at radius 2 is 2.06 bits per heavy atom. The van der Waals surface area contributed by atoms with Crippen LogP contribution in [0.3, 0.4) is 0 Å². The molecule has 1 aromatic heterocycles. The quantitative estimate of drug-likeness (QED) is 0.903. The van der Waals surface area contributed by atoms with Crippen LogP contribution in [0.4, 0.5) is 5.95 Å². The molecule has 0 spiro atoms. The van der Waals surface area contributed by atoms with Gasteiger partial charge in [0.2, 0.25) is 5.95 Å². The number of nitrogens with one attached hydrogen (secondary N) is 1. The maximum atomic E-state index is 4.49. The number of hydrogen-bond donors (Lipinski definition) is 1. The lowest BCUT2D eigenvalue weighted by Crippen LogP contribution is -2.21. The van der Waals surface area contributed by atoms with Crippen LogP contribution in [0.5, 0.6) is 0 Å². The summed E-state index contributed by atoms with van der Waals surface area (Å²) in [6.45, 7) is 1.12. The Morgan fingerprint density at radius 1 is 1.22 bits per heavy atom. The molecule has 1 aromatic rings. The summed E-state index contributed by atoms with van der Waals surface area (Å²) >= 11 is 2.14. The average Bonchev–Trinajstić information content (AvgIpc) is 3.04. The highest BCUT2D eigenvalue weighted by Gasteiger charge is 2.19. The van der Waals surface area contributed by atoms with Gasteiger partial charge in [-0.1, -0.05) is 19.3 Å². The van der Waals surface area contributed by atoms with Crippen molar-refractivity contribution in [2.75, 3.05) is 11.1 Å². The zero-order chi connectivity index (χ0) is 12.2. The maximum Gasteiger partial charge on any atom is 0.203 e. The Balaban J connectivity index is 1.59. The zero-order valence-electron chi connectivity index (χ0n) is 11.0. The van der Waals surface area contributed by atoms with E-state index in [1.165, 1.54) is 50.7 Å². The number of thioether (sulfide) groups is 1. The molecule has 1 atom stereocenters. The molecule has 18 heavy (non-hydrogen) atoms. The molecule has 1 saturated heterocycles. The van der Waals surface area contributed by atoms with E-state index >= 15 is 0 Å². The first-order valence-electron chi connectivity index (χ1n) is 7.31. The molecule has 0 amide bonds. The van der Waals surface area contributed by atoms with E-state index in [0.29, 0.717) is 6.04 Å². The molecule has 1 N–H and O–H groups in total. The summed E-state index contributed by atoms with van der Waals surface area (Å²) in [6.07, 6.45) is 13.6. The summed E-state index contributed by atoms with van der Waals surface area (Å²) in [5.41, 5.74) is 0. The standard InChI is InChI=1S/C14H23N3S/c1-2-6-12(5-1)16-14-15-8-9-17(14)11-13-7-3-4-10-18-13/h8-9,12-13H,1-7,10-11H2,(H,15,16). The molecule has 100 valence electrons. The van der Waals surface area contributed by atoms with Gasteiger partial charge < -0.3 is 9.88 Å². The second kappa shape index (κ2) is 6.00. The first-order chi connectivity index (χ1) is 8.92. The molecule has 4 heteroatoms. The van der Waals surface area contributed by atoms with Crippen LogP contribution in [0.25, 0.3) is 0 Å². The monoisotopic (exact) mass is 265 g/mol. The normalized spacial score (nSPS) is 25.4. The first kappa shape index (κ1) is 12.4. The molecule has 1 saturated carbocycles. The van der Waals surface area contributed by atoms with Gasteiger partial charge in [0, 0.05) is 30.2 Å². The minimum atomic E-state index is 0.658. The lowest BCUT2D eigenvalue weighted by atomic mass is 10.2. The van der Waals surface area contributed by atoms with E-state index in [0.717, 1.165) is 17.7 Å². The van der Waals surface area contributed by atoms with Crippen molar-refractivity contribution in [3.8, 4) is 0 Å². The van der Waals surface area contributed by atoms with Crippen molar-refractivity contribution < 1.29 is 0 Å². The first-order valence-corrected chi connectivity index (χ1v) is 8.36. The van der Waals surface area contributed by atoms with Crippen LogP contribution >= 0.6 is 11.8 Å². The highest BCUT2D eigenvalue weighted by atomic mass is 32.2. The van der Waals surface area contributed by atoms with Crippen molar-refractivity contribution >= 4 is 17.7 Å². The summed E-state index contributed by atoms with van der Waals surface area (Å²) in [4.78, 5) is 4.49. The number of aromatic nitrogens is 2. The lowest BCUT2D eigenvalue weighted by Gasteiger charge is -2.23. The number of nitrogens with zero attached hydrogens (tertiary/aromatic N) is 2. The molecular formula is C14H23N3S. The van der Waals surface area contributed by atoms with Gasteiger partial charge in [0.15, 0.2) is 0 Å². The van der Waals surface area contributed by atoms with E-state index in [1.807, 2.05) is 6.20 Å². The molecule has 2 aliphatic rings. The average molecular weight is 265 g/mol. The highest BCUT2D eigenvalue weighted by molar-refractivity contribution is 7.99. The summed E-state index contributed by atoms with van der Waals surface area (Å²) in [6, 6.07) is 0.658. The van der Waals surface area contributed by atoms with Crippen LogP contribution in [0, 0.1) is 0 Å². The van der Waals surface area contributed by atoms with Gasteiger partial charge in [-0.05, 0) is 31.4 Å². The van der Waals surface area contributed by atoms with Gasteiger partial charge in [0.25, 0.3) is 0 Å². The predicted molar refractivity (Wildman–Crippen MR) is 78.2 cm³/mol. The summed E-state index contributed by atoms with van der Waals surface area (Å²) < 4.78 is 2.32. The van der Waals surface area contributed by atoms with Crippen molar-refractivity contribution in [1.29, 1.82) is 0 Å². The SMILES string of the molecule is c1cn(CC2CCCCS2)c(NC2CCCC2)n1. The highest BCUT2D eigenvalue weighted by Crippen LogP contribution is 2.27. The Bertz CT molecular complexity index is 365. The van der Waals surface area contributed by atoms with Crippen LogP contribution in [-0.2, 0) is 6.54 Å². The van der Waals surface area contributed by atoms with Crippen LogP contribution in [0.15, 0.2) is 12.4 Å². The van der Waals surface area contributed by atoms with Gasteiger partial charge in [-0.3, -0.25) is 0 Å². The second-order valence-electron chi connectivity index (χ2n) is 5.52. The summed E-state index contributed by atoms with van der Waals surface area (Å²) in [5, 5.41) is 4.41. The van der Waals surface area contributed by atoms with Gasteiger partial charge in [0.1, 0.15) is 0 Å². The van der Waals surface area contributed by atoms with E-state index in [2.05, 4.69) is 32.8 Å². The summed E-state index contributed by atoms with van der Waals surface area (Å²) in [5.74, 6) is 2.43. The minimum absolute atomic E-state index is 0.658. The molecule has 2 fully saturated rings. The molecule has 0 aromatic carbocycles. The maximum absolute atomic E-state index is 4.49. The van der Waals surface area contributed by atoms with Crippen molar-refractivity contribution in [3.63, 3.8) is 0 Å². The number of hydrogen-bond acceptors (Lipinski definition) is 3. The fourth-order valence-corrected chi connectivity index (χ4v) is 4.32. The van der Waals surface area contributed by atoms with Gasteiger partial charge in [-0.25, -0.2) is 4.98 Å². The molecule has 1 aliphatic heterocycles. The van der Waals surface area contributed by atoms with Crippen LogP contribution in [0.1, 0.15) is 44.9 Å². The number of anilines is 1. The number of rotatable bonds is 4. The van der Waals surface area contributed by atoms with Crippen molar-refractivity contribution in [2.24, 2.45) is 0 Å².